The first-order chi connectivity index (χ1) is 7.36. The number of hydrogen-bond donors (Lipinski definition) is 2. The van der Waals surface area contributed by atoms with Crippen LogP contribution in [0.3, 0.4) is 0 Å². The number of aliphatic hydroxyl groups is 1. The Morgan fingerprint density at radius 3 is 2.67 bits per heavy atom. The molecule has 82 valence electrons. The minimum absolute atomic E-state index is 0.146. The SMILES string of the molecule is C=CCCNC(CO)Cc1ccccc1. The molecule has 1 aromatic carbocycles. The Balaban J connectivity index is 2.36. The number of nitrogens with one attached hydrogen (secondary N) is 1. The molecule has 15 heavy (non-hydrogen) atoms. The molecule has 2 nitrogen and oxygen atoms in total. The fourth-order valence-electron chi connectivity index (χ4n) is 1.49. The maximum Gasteiger partial charge on any atom is 0.0587 e. The molecule has 0 spiro atoms. The maximum atomic E-state index is 9.20. The van der Waals surface area contributed by atoms with Crippen LogP contribution in [0.4, 0.5) is 0 Å². The van der Waals surface area contributed by atoms with Gasteiger partial charge in [-0.3, -0.25) is 0 Å². The molecule has 1 aromatic rings. The average Bonchev–Trinajstić information content (AvgIpc) is 2.29. The zero-order valence-corrected chi connectivity index (χ0v) is 9.02. The summed E-state index contributed by atoms with van der Waals surface area (Å²) in [6.07, 6.45) is 3.68. The zero-order chi connectivity index (χ0) is 10.9. The smallest absolute Gasteiger partial charge is 0.0587 e. The van der Waals surface area contributed by atoms with Crippen molar-refractivity contribution in [2.24, 2.45) is 0 Å². The third-order valence-corrected chi connectivity index (χ3v) is 2.33. The lowest BCUT2D eigenvalue weighted by Crippen LogP contribution is -2.34. The average molecular weight is 205 g/mol. The van der Waals surface area contributed by atoms with Crippen molar-refractivity contribution >= 4 is 0 Å². The Hall–Kier alpha value is -1.12. The summed E-state index contributed by atoms with van der Waals surface area (Å²) in [4.78, 5) is 0. The first-order valence-electron chi connectivity index (χ1n) is 5.36. The van der Waals surface area contributed by atoms with Crippen LogP contribution in [0.5, 0.6) is 0 Å². The molecule has 0 aromatic heterocycles. The van der Waals surface area contributed by atoms with E-state index in [2.05, 4.69) is 24.0 Å². The molecule has 1 rings (SSSR count). The molecular formula is C13H19NO. The second kappa shape index (κ2) is 7.21. The van der Waals surface area contributed by atoms with Crippen LogP contribution in [0.1, 0.15) is 12.0 Å². The molecule has 2 N–H and O–H groups in total. The molecule has 0 aliphatic heterocycles. The molecule has 0 aliphatic carbocycles. The van der Waals surface area contributed by atoms with Gasteiger partial charge in [0.05, 0.1) is 6.61 Å². The lowest BCUT2D eigenvalue weighted by Gasteiger charge is -2.15. The monoisotopic (exact) mass is 205 g/mol. The number of rotatable bonds is 7. The lowest BCUT2D eigenvalue weighted by molar-refractivity contribution is 0.242. The van der Waals surface area contributed by atoms with Gasteiger partial charge in [0.15, 0.2) is 0 Å². The highest BCUT2D eigenvalue weighted by molar-refractivity contribution is 5.15. The molecular weight excluding hydrogens is 186 g/mol. The van der Waals surface area contributed by atoms with Crippen molar-refractivity contribution in [1.82, 2.24) is 5.32 Å². The highest BCUT2D eigenvalue weighted by Gasteiger charge is 2.06. The van der Waals surface area contributed by atoms with E-state index < -0.39 is 0 Å². The van der Waals surface area contributed by atoms with Crippen LogP contribution in [-0.2, 0) is 6.42 Å². The maximum absolute atomic E-state index is 9.20. The van der Waals surface area contributed by atoms with E-state index in [0.29, 0.717) is 0 Å². The van der Waals surface area contributed by atoms with Crippen molar-refractivity contribution in [3.8, 4) is 0 Å². The van der Waals surface area contributed by atoms with Crippen LogP contribution in [0.25, 0.3) is 0 Å². The fraction of sp³-hybridized carbons (Fsp3) is 0.385. The number of hydrogen-bond acceptors (Lipinski definition) is 2. The molecule has 0 amide bonds. The van der Waals surface area contributed by atoms with Crippen molar-refractivity contribution < 1.29 is 5.11 Å². The van der Waals surface area contributed by atoms with E-state index >= 15 is 0 Å². The molecule has 0 saturated carbocycles. The predicted octanol–water partition coefficient (Wildman–Crippen LogP) is 1.76. The molecule has 0 bridgehead atoms. The van der Waals surface area contributed by atoms with Crippen molar-refractivity contribution in [2.45, 2.75) is 18.9 Å². The topological polar surface area (TPSA) is 32.3 Å². The standard InChI is InChI=1S/C13H19NO/c1-2-3-9-14-13(11-15)10-12-7-5-4-6-8-12/h2,4-8,13-15H,1,3,9-11H2. The van der Waals surface area contributed by atoms with Gasteiger partial charge in [0, 0.05) is 6.04 Å². The van der Waals surface area contributed by atoms with Gasteiger partial charge in [-0.05, 0) is 24.9 Å². The summed E-state index contributed by atoms with van der Waals surface area (Å²) in [6.45, 7) is 4.71. The fourth-order valence-corrected chi connectivity index (χ4v) is 1.49. The summed E-state index contributed by atoms with van der Waals surface area (Å²) in [5.74, 6) is 0. The summed E-state index contributed by atoms with van der Waals surface area (Å²) >= 11 is 0. The highest BCUT2D eigenvalue weighted by Crippen LogP contribution is 2.02. The lowest BCUT2D eigenvalue weighted by atomic mass is 10.1. The summed E-state index contributed by atoms with van der Waals surface area (Å²) in [6, 6.07) is 10.4. The first kappa shape index (κ1) is 12.0. The van der Waals surface area contributed by atoms with E-state index in [-0.39, 0.29) is 12.6 Å². The Bertz CT molecular complexity index is 271. The molecule has 0 saturated heterocycles. The quantitative estimate of drug-likeness (QED) is 0.525. The molecule has 0 radical (unpaired) electrons. The summed E-state index contributed by atoms with van der Waals surface area (Å²) in [5, 5.41) is 12.5. The van der Waals surface area contributed by atoms with Gasteiger partial charge in [0.2, 0.25) is 0 Å². The van der Waals surface area contributed by atoms with Crippen molar-refractivity contribution in [3.05, 3.63) is 48.6 Å². The van der Waals surface area contributed by atoms with Gasteiger partial charge in [-0.1, -0.05) is 36.4 Å². The van der Waals surface area contributed by atoms with Crippen LogP contribution >= 0.6 is 0 Å². The summed E-state index contributed by atoms with van der Waals surface area (Å²) in [7, 11) is 0. The molecule has 1 atom stereocenters. The highest BCUT2D eigenvalue weighted by atomic mass is 16.3. The van der Waals surface area contributed by atoms with Crippen molar-refractivity contribution in [3.63, 3.8) is 0 Å². The van der Waals surface area contributed by atoms with E-state index in [1.165, 1.54) is 5.56 Å². The van der Waals surface area contributed by atoms with Gasteiger partial charge >= 0.3 is 0 Å². The summed E-state index contributed by atoms with van der Waals surface area (Å²) in [5.41, 5.74) is 1.25. The summed E-state index contributed by atoms with van der Waals surface area (Å²) < 4.78 is 0. The Morgan fingerprint density at radius 1 is 1.33 bits per heavy atom. The van der Waals surface area contributed by atoms with Gasteiger partial charge in [0.25, 0.3) is 0 Å². The van der Waals surface area contributed by atoms with E-state index in [1.807, 2.05) is 24.3 Å². The van der Waals surface area contributed by atoms with Gasteiger partial charge < -0.3 is 10.4 Å². The van der Waals surface area contributed by atoms with Gasteiger partial charge in [-0.2, -0.15) is 0 Å². The van der Waals surface area contributed by atoms with Crippen LogP contribution in [0.2, 0.25) is 0 Å². The second-order valence-electron chi connectivity index (χ2n) is 3.60. The third kappa shape index (κ3) is 4.77. The van der Waals surface area contributed by atoms with E-state index in [9.17, 15) is 5.11 Å². The Morgan fingerprint density at radius 2 is 2.07 bits per heavy atom. The van der Waals surface area contributed by atoms with Crippen LogP contribution < -0.4 is 5.32 Å². The van der Waals surface area contributed by atoms with Gasteiger partial charge in [-0.25, -0.2) is 0 Å². The molecule has 0 fully saturated rings. The first-order valence-corrected chi connectivity index (χ1v) is 5.36. The van der Waals surface area contributed by atoms with Crippen molar-refractivity contribution in [1.29, 1.82) is 0 Å². The third-order valence-electron chi connectivity index (χ3n) is 2.33. The Kier molecular flexibility index (Phi) is 5.74. The van der Waals surface area contributed by atoms with Gasteiger partial charge in [-0.15, -0.1) is 6.58 Å². The minimum Gasteiger partial charge on any atom is -0.395 e. The molecule has 2 heteroatoms. The van der Waals surface area contributed by atoms with Gasteiger partial charge in [0.1, 0.15) is 0 Å². The van der Waals surface area contributed by atoms with E-state index in [4.69, 9.17) is 0 Å². The van der Waals surface area contributed by atoms with E-state index in [0.717, 1.165) is 19.4 Å². The van der Waals surface area contributed by atoms with Crippen LogP contribution in [0, 0.1) is 0 Å². The Labute approximate surface area is 91.6 Å². The number of aliphatic hydroxyl groups excluding tert-OH is 1. The van der Waals surface area contributed by atoms with Crippen LogP contribution in [-0.4, -0.2) is 24.3 Å². The zero-order valence-electron chi connectivity index (χ0n) is 9.02. The van der Waals surface area contributed by atoms with E-state index in [1.54, 1.807) is 0 Å². The minimum atomic E-state index is 0.146. The predicted molar refractivity (Wildman–Crippen MR) is 63.8 cm³/mol. The molecule has 0 heterocycles. The second-order valence-corrected chi connectivity index (χ2v) is 3.60. The number of benzene rings is 1. The molecule has 0 aliphatic rings. The largest absolute Gasteiger partial charge is 0.395 e. The normalized spacial score (nSPS) is 12.3. The van der Waals surface area contributed by atoms with Crippen molar-refractivity contribution in [2.75, 3.05) is 13.2 Å². The van der Waals surface area contributed by atoms with Crippen LogP contribution in [0.15, 0.2) is 43.0 Å². The molecule has 1 unspecified atom stereocenters.